The van der Waals surface area contributed by atoms with Gasteiger partial charge in [-0.25, -0.2) is 0 Å². The van der Waals surface area contributed by atoms with Gasteiger partial charge in [0.2, 0.25) is 0 Å². The summed E-state index contributed by atoms with van der Waals surface area (Å²) in [4.78, 5) is 32.5. The Hall–Kier alpha value is -3.64. The Morgan fingerprint density at radius 2 is 1.58 bits per heavy atom. The third kappa shape index (κ3) is 5.71. The lowest BCUT2D eigenvalue weighted by molar-refractivity contribution is -0.404. The fourth-order valence-electron chi connectivity index (χ4n) is 3.33. The minimum atomic E-state index is -1.21. The van der Waals surface area contributed by atoms with Gasteiger partial charge >= 0.3 is 11.4 Å². The lowest BCUT2D eigenvalue weighted by Gasteiger charge is -2.36. The van der Waals surface area contributed by atoms with Crippen LogP contribution in [0, 0.1) is 30.3 Å². The van der Waals surface area contributed by atoms with Crippen molar-refractivity contribution < 1.29 is 19.9 Å². The summed E-state index contributed by atoms with van der Waals surface area (Å²) in [7, 11) is 6.51. The third-order valence-electron chi connectivity index (χ3n) is 4.88. The number of non-ortho nitro benzene ring substituents is 1. The summed E-state index contributed by atoms with van der Waals surface area (Å²) in [5, 5.41) is 40.2. The molecule has 12 nitrogen and oxygen atoms in total. The van der Waals surface area contributed by atoms with Crippen LogP contribution in [0.25, 0.3) is 0 Å². The Balaban J connectivity index is 0.000000220. The number of nitro benzene ring substituents is 3. The quantitative estimate of drug-likeness (QED) is 0.553. The molecule has 1 N–H and O–H groups in total. The van der Waals surface area contributed by atoms with Crippen molar-refractivity contribution in [3.05, 3.63) is 77.9 Å². The average Bonchev–Trinajstić information content (AvgIpc) is 2.70. The van der Waals surface area contributed by atoms with Crippen molar-refractivity contribution in [1.82, 2.24) is 9.80 Å². The standard InChI is InChI=1S/C13H20N2.C6H3N3O7/c1-14(2)10-13-12-7-5-4-6-11(12)8-9-15(13)3;10-6-4(8(13)14)1-3(7(11)12)2-5(6)9(15)16/h4-7,13H,8-10H2,1-3H3;1-2,10H. The fourth-order valence-corrected chi connectivity index (χ4v) is 3.33. The highest BCUT2D eigenvalue weighted by Gasteiger charge is 2.30. The maximum atomic E-state index is 10.4. The average molecular weight is 433 g/mol. The summed E-state index contributed by atoms with van der Waals surface area (Å²) >= 11 is 0. The molecule has 1 aliphatic heterocycles. The van der Waals surface area contributed by atoms with Crippen LogP contribution in [-0.4, -0.2) is 63.9 Å². The molecule has 0 aromatic heterocycles. The third-order valence-corrected chi connectivity index (χ3v) is 4.88. The van der Waals surface area contributed by atoms with Gasteiger partial charge < -0.3 is 10.0 Å². The summed E-state index contributed by atoms with van der Waals surface area (Å²) < 4.78 is 0. The van der Waals surface area contributed by atoms with E-state index in [2.05, 4.69) is 55.2 Å². The molecule has 1 aliphatic rings. The van der Waals surface area contributed by atoms with Gasteiger partial charge in [0.05, 0.1) is 26.9 Å². The van der Waals surface area contributed by atoms with Crippen molar-refractivity contribution in [2.24, 2.45) is 0 Å². The molecule has 31 heavy (non-hydrogen) atoms. The number of nitro groups is 3. The largest absolute Gasteiger partial charge is 0.497 e. The van der Waals surface area contributed by atoms with E-state index in [4.69, 9.17) is 5.11 Å². The first-order valence-corrected chi connectivity index (χ1v) is 9.25. The Labute approximate surface area is 177 Å². The van der Waals surface area contributed by atoms with Crippen LogP contribution in [0.1, 0.15) is 17.2 Å². The molecule has 1 unspecified atom stereocenters. The van der Waals surface area contributed by atoms with Gasteiger partial charge in [0, 0.05) is 19.1 Å². The van der Waals surface area contributed by atoms with Gasteiger partial charge in [-0.1, -0.05) is 24.3 Å². The number of hydrogen-bond donors (Lipinski definition) is 1. The molecule has 0 spiro atoms. The van der Waals surface area contributed by atoms with Gasteiger partial charge in [-0.05, 0) is 38.7 Å². The van der Waals surface area contributed by atoms with E-state index in [0.29, 0.717) is 18.2 Å². The van der Waals surface area contributed by atoms with Gasteiger partial charge in [-0.15, -0.1) is 0 Å². The number of nitrogens with zero attached hydrogens (tertiary/aromatic N) is 5. The van der Waals surface area contributed by atoms with E-state index in [1.165, 1.54) is 24.1 Å². The van der Waals surface area contributed by atoms with Gasteiger partial charge in [-0.3, -0.25) is 35.2 Å². The van der Waals surface area contributed by atoms with E-state index >= 15 is 0 Å². The Morgan fingerprint density at radius 1 is 1.03 bits per heavy atom. The summed E-state index contributed by atoms with van der Waals surface area (Å²) in [6.45, 7) is 2.28. The van der Waals surface area contributed by atoms with Crippen LogP contribution >= 0.6 is 0 Å². The lowest BCUT2D eigenvalue weighted by Crippen LogP contribution is -2.37. The Bertz CT molecular complexity index is 960. The molecular formula is C19H23N5O7. The smallest absolute Gasteiger partial charge is 0.324 e. The number of likely N-dealkylation sites (N-methyl/N-ethyl adjacent to an activating group) is 2. The van der Waals surface area contributed by atoms with Crippen molar-refractivity contribution in [2.45, 2.75) is 12.5 Å². The van der Waals surface area contributed by atoms with E-state index in [0.717, 1.165) is 6.54 Å². The molecule has 12 heteroatoms. The molecule has 0 fully saturated rings. The minimum Gasteiger partial charge on any atom is -0.497 e. The van der Waals surface area contributed by atoms with Crippen molar-refractivity contribution in [1.29, 1.82) is 0 Å². The maximum Gasteiger partial charge on any atom is 0.324 e. The first kappa shape index (κ1) is 23.6. The van der Waals surface area contributed by atoms with Crippen molar-refractivity contribution in [3.8, 4) is 5.75 Å². The zero-order valence-corrected chi connectivity index (χ0v) is 17.3. The van der Waals surface area contributed by atoms with Gasteiger partial charge in [0.25, 0.3) is 11.4 Å². The SMILES string of the molecule is CN(C)CC1c2ccccc2CCN1C.O=[N+]([O-])c1cc([N+](=O)[O-])c(O)c([N+](=O)[O-])c1. The van der Waals surface area contributed by atoms with E-state index in [-0.39, 0.29) is 0 Å². The second-order valence-corrected chi connectivity index (χ2v) is 7.31. The van der Waals surface area contributed by atoms with E-state index in [1.54, 1.807) is 0 Å². The Kier molecular flexibility index (Phi) is 7.56. The van der Waals surface area contributed by atoms with Crippen LogP contribution in [0.3, 0.4) is 0 Å². The zero-order chi connectivity index (χ0) is 23.3. The highest BCUT2D eigenvalue weighted by atomic mass is 16.6. The number of fused-ring (bicyclic) bond motifs is 1. The highest BCUT2D eigenvalue weighted by Crippen LogP contribution is 2.39. The lowest BCUT2D eigenvalue weighted by atomic mass is 9.93. The number of phenols is 1. The van der Waals surface area contributed by atoms with Gasteiger partial charge in [-0.2, -0.15) is 0 Å². The van der Waals surface area contributed by atoms with Gasteiger partial charge in [0.1, 0.15) is 0 Å². The van der Waals surface area contributed by atoms with Crippen LogP contribution < -0.4 is 0 Å². The summed E-state index contributed by atoms with van der Waals surface area (Å²) in [6.07, 6.45) is 1.19. The fraction of sp³-hybridized carbons (Fsp3) is 0.368. The number of phenolic OH excluding ortho intramolecular Hbond substituents is 1. The molecule has 0 aliphatic carbocycles. The molecule has 166 valence electrons. The molecule has 0 saturated heterocycles. The zero-order valence-electron chi connectivity index (χ0n) is 17.3. The molecule has 3 rings (SSSR count). The molecule has 2 aromatic carbocycles. The second kappa shape index (κ2) is 9.91. The molecule has 2 aromatic rings. The molecular weight excluding hydrogens is 410 g/mol. The van der Waals surface area contributed by atoms with Crippen LogP contribution in [0.2, 0.25) is 0 Å². The van der Waals surface area contributed by atoms with E-state index in [9.17, 15) is 30.3 Å². The molecule has 0 amide bonds. The van der Waals surface area contributed by atoms with Crippen LogP contribution in [0.4, 0.5) is 17.1 Å². The van der Waals surface area contributed by atoms with Crippen molar-refractivity contribution in [2.75, 3.05) is 34.2 Å². The molecule has 0 radical (unpaired) electrons. The summed E-state index contributed by atoms with van der Waals surface area (Å²) in [5.41, 5.74) is 0.0420. The van der Waals surface area contributed by atoms with Crippen LogP contribution in [-0.2, 0) is 6.42 Å². The molecule has 0 saturated carbocycles. The summed E-state index contributed by atoms with van der Waals surface area (Å²) in [5.74, 6) is -1.21. The second-order valence-electron chi connectivity index (χ2n) is 7.31. The first-order valence-electron chi connectivity index (χ1n) is 9.25. The van der Waals surface area contributed by atoms with Gasteiger partial charge in [0.15, 0.2) is 0 Å². The number of benzene rings is 2. The van der Waals surface area contributed by atoms with Crippen molar-refractivity contribution >= 4 is 17.1 Å². The predicted octanol–water partition coefficient (Wildman–Crippen LogP) is 2.89. The normalized spacial score (nSPS) is 15.5. The van der Waals surface area contributed by atoms with Crippen LogP contribution in [0.15, 0.2) is 36.4 Å². The van der Waals surface area contributed by atoms with E-state index < -0.39 is 37.6 Å². The first-order chi connectivity index (χ1) is 14.5. The molecule has 1 heterocycles. The number of hydrogen-bond acceptors (Lipinski definition) is 9. The van der Waals surface area contributed by atoms with Crippen molar-refractivity contribution in [3.63, 3.8) is 0 Å². The molecule has 0 bridgehead atoms. The highest BCUT2D eigenvalue weighted by molar-refractivity contribution is 5.64. The Morgan fingerprint density at radius 3 is 2.06 bits per heavy atom. The predicted molar refractivity (Wildman–Crippen MR) is 112 cm³/mol. The topological polar surface area (TPSA) is 156 Å². The number of rotatable bonds is 5. The number of aromatic hydroxyl groups is 1. The minimum absolute atomic E-state index is 0.447. The monoisotopic (exact) mass is 433 g/mol. The maximum absolute atomic E-state index is 10.4. The van der Waals surface area contributed by atoms with Crippen LogP contribution in [0.5, 0.6) is 5.75 Å². The summed E-state index contributed by atoms with van der Waals surface area (Å²) in [6, 6.07) is 10.3. The van der Waals surface area contributed by atoms with E-state index in [1.807, 2.05) is 0 Å². The molecule has 1 atom stereocenters.